The van der Waals surface area contributed by atoms with Crippen molar-refractivity contribution in [1.29, 1.82) is 0 Å². The fraction of sp³-hybridized carbons (Fsp3) is 0.733. The van der Waals surface area contributed by atoms with E-state index >= 15 is 0 Å². The summed E-state index contributed by atoms with van der Waals surface area (Å²) in [6, 6.07) is 2.07. The number of ether oxygens (including phenoxy) is 1. The number of rotatable bonds is 5. The first kappa shape index (κ1) is 13.3. The predicted molar refractivity (Wildman–Crippen MR) is 79.6 cm³/mol. The summed E-state index contributed by atoms with van der Waals surface area (Å²) >= 11 is 0. The number of β-amino-alcohol motifs (C(OH)–C–C–N with tert-alkyl or cyclic N) is 1. The highest BCUT2D eigenvalue weighted by Gasteiger charge is 2.29. The Balaban J connectivity index is 1.55. The molecule has 2 saturated heterocycles. The molecule has 2 N–H and O–H groups in total. The van der Waals surface area contributed by atoms with E-state index in [4.69, 9.17) is 9.72 Å². The van der Waals surface area contributed by atoms with Gasteiger partial charge in [-0.25, -0.2) is 4.98 Å². The molecule has 1 aromatic rings. The summed E-state index contributed by atoms with van der Waals surface area (Å²) in [5, 5.41) is 12.9. The number of aromatic nitrogens is 2. The average Bonchev–Trinajstić information content (AvgIpc) is 3.13. The molecule has 1 aliphatic carbocycles. The Labute approximate surface area is 124 Å². The van der Waals surface area contributed by atoms with Crippen molar-refractivity contribution < 1.29 is 9.84 Å². The van der Waals surface area contributed by atoms with Gasteiger partial charge in [0.25, 0.3) is 0 Å². The molecule has 1 saturated carbocycles. The molecule has 3 fully saturated rings. The molecule has 4 rings (SSSR count). The summed E-state index contributed by atoms with van der Waals surface area (Å²) in [6.45, 7) is 3.83. The SMILES string of the molecule is OC1CN(c2nc(NCC3CC3)cc(C3CCOC3)n2)C1. The highest BCUT2D eigenvalue weighted by atomic mass is 16.5. The van der Waals surface area contributed by atoms with Crippen molar-refractivity contribution in [2.24, 2.45) is 5.92 Å². The van der Waals surface area contributed by atoms with Crippen LogP contribution in [-0.4, -0.2) is 54.0 Å². The second-order valence-electron chi connectivity index (χ2n) is 6.42. The molecule has 0 aromatic carbocycles. The van der Waals surface area contributed by atoms with E-state index in [-0.39, 0.29) is 6.10 Å². The minimum absolute atomic E-state index is 0.241. The van der Waals surface area contributed by atoms with Gasteiger partial charge >= 0.3 is 0 Å². The zero-order valence-corrected chi connectivity index (χ0v) is 12.2. The topological polar surface area (TPSA) is 70.5 Å². The molecule has 3 aliphatic rings. The van der Waals surface area contributed by atoms with Crippen molar-refractivity contribution in [3.63, 3.8) is 0 Å². The summed E-state index contributed by atoms with van der Waals surface area (Å²) in [4.78, 5) is 11.3. The maximum Gasteiger partial charge on any atom is 0.227 e. The summed E-state index contributed by atoms with van der Waals surface area (Å²) in [5.41, 5.74) is 1.07. The molecule has 6 nitrogen and oxygen atoms in total. The van der Waals surface area contributed by atoms with Crippen molar-refractivity contribution in [3.05, 3.63) is 11.8 Å². The van der Waals surface area contributed by atoms with Crippen LogP contribution in [-0.2, 0) is 4.74 Å². The second-order valence-corrected chi connectivity index (χ2v) is 6.42. The lowest BCUT2D eigenvalue weighted by molar-refractivity contribution is 0.140. The molecule has 1 unspecified atom stereocenters. The maximum absolute atomic E-state index is 9.48. The Bertz CT molecular complexity index is 508. The maximum atomic E-state index is 9.48. The highest BCUT2D eigenvalue weighted by molar-refractivity contribution is 5.46. The Kier molecular flexibility index (Phi) is 3.43. The molecule has 0 bridgehead atoms. The lowest BCUT2D eigenvalue weighted by Gasteiger charge is -2.36. The first-order chi connectivity index (χ1) is 10.3. The molecule has 1 atom stereocenters. The van der Waals surface area contributed by atoms with E-state index in [9.17, 15) is 5.11 Å². The van der Waals surface area contributed by atoms with E-state index in [1.54, 1.807) is 0 Å². The number of aliphatic hydroxyl groups is 1. The highest BCUT2D eigenvalue weighted by Crippen LogP contribution is 2.31. The number of hydrogen-bond donors (Lipinski definition) is 2. The zero-order valence-electron chi connectivity index (χ0n) is 12.2. The number of nitrogens with one attached hydrogen (secondary N) is 1. The Hall–Kier alpha value is -1.40. The van der Waals surface area contributed by atoms with Gasteiger partial charge in [0.1, 0.15) is 5.82 Å². The van der Waals surface area contributed by atoms with Crippen LogP contribution in [0.15, 0.2) is 6.07 Å². The largest absolute Gasteiger partial charge is 0.389 e. The molecule has 21 heavy (non-hydrogen) atoms. The molecular weight excluding hydrogens is 268 g/mol. The van der Waals surface area contributed by atoms with E-state index in [1.807, 2.05) is 4.90 Å². The molecule has 2 aliphatic heterocycles. The monoisotopic (exact) mass is 290 g/mol. The molecule has 6 heteroatoms. The van der Waals surface area contributed by atoms with Gasteiger partial charge in [0, 0.05) is 38.2 Å². The number of aliphatic hydroxyl groups excluding tert-OH is 1. The number of anilines is 2. The number of nitrogens with zero attached hydrogens (tertiary/aromatic N) is 3. The van der Waals surface area contributed by atoms with Gasteiger partial charge in [-0.05, 0) is 25.2 Å². The van der Waals surface area contributed by atoms with Crippen LogP contribution >= 0.6 is 0 Å². The van der Waals surface area contributed by atoms with Crippen molar-refractivity contribution in [3.8, 4) is 0 Å². The summed E-state index contributed by atoms with van der Waals surface area (Å²) in [5.74, 6) is 2.84. The molecule has 1 aromatic heterocycles. The normalized spacial score (nSPS) is 26.0. The van der Waals surface area contributed by atoms with Crippen molar-refractivity contribution >= 4 is 11.8 Å². The molecular formula is C15H22N4O2. The number of hydrogen-bond acceptors (Lipinski definition) is 6. The molecule has 114 valence electrons. The average molecular weight is 290 g/mol. The van der Waals surface area contributed by atoms with E-state index < -0.39 is 0 Å². The van der Waals surface area contributed by atoms with Gasteiger partial charge in [-0.2, -0.15) is 4.98 Å². The van der Waals surface area contributed by atoms with E-state index in [0.717, 1.165) is 49.6 Å². The fourth-order valence-electron chi connectivity index (χ4n) is 2.85. The van der Waals surface area contributed by atoms with Crippen LogP contribution in [0.3, 0.4) is 0 Å². The molecule has 0 spiro atoms. The predicted octanol–water partition coefficient (Wildman–Crippen LogP) is 0.983. The van der Waals surface area contributed by atoms with Crippen LogP contribution in [0.25, 0.3) is 0 Å². The Morgan fingerprint density at radius 1 is 1.29 bits per heavy atom. The van der Waals surface area contributed by atoms with Gasteiger partial charge in [0.2, 0.25) is 5.95 Å². The van der Waals surface area contributed by atoms with E-state index in [2.05, 4.69) is 16.4 Å². The van der Waals surface area contributed by atoms with Crippen LogP contribution in [0.5, 0.6) is 0 Å². The minimum Gasteiger partial charge on any atom is -0.389 e. The van der Waals surface area contributed by atoms with Gasteiger partial charge in [-0.3, -0.25) is 0 Å². The minimum atomic E-state index is -0.241. The lowest BCUT2D eigenvalue weighted by Crippen LogP contribution is -2.51. The Morgan fingerprint density at radius 2 is 2.14 bits per heavy atom. The smallest absolute Gasteiger partial charge is 0.227 e. The van der Waals surface area contributed by atoms with Gasteiger partial charge < -0.3 is 20.1 Å². The van der Waals surface area contributed by atoms with Crippen LogP contribution in [0.2, 0.25) is 0 Å². The molecule has 0 amide bonds. The third-order valence-electron chi connectivity index (χ3n) is 4.50. The van der Waals surface area contributed by atoms with E-state index in [0.29, 0.717) is 19.0 Å². The summed E-state index contributed by atoms with van der Waals surface area (Å²) in [6.07, 6.45) is 3.44. The van der Waals surface area contributed by atoms with Crippen LogP contribution in [0.4, 0.5) is 11.8 Å². The van der Waals surface area contributed by atoms with Crippen LogP contribution in [0.1, 0.15) is 30.9 Å². The lowest BCUT2D eigenvalue weighted by atomic mass is 10.0. The van der Waals surface area contributed by atoms with Crippen LogP contribution < -0.4 is 10.2 Å². The fourth-order valence-corrected chi connectivity index (χ4v) is 2.85. The van der Waals surface area contributed by atoms with Gasteiger partial charge in [0.05, 0.1) is 18.4 Å². The van der Waals surface area contributed by atoms with Gasteiger partial charge in [-0.15, -0.1) is 0 Å². The molecule has 0 radical (unpaired) electrons. The first-order valence-electron chi connectivity index (χ1n) is 7.91. The third-order valence-corrected chi connectivity index (χ3v) is 4.50. The van der Waals surface area contributed by atoms with Crippen molar-refractivity contribution in [2.45, 2.75) is 31.3 Å². The second kappa shape index (κ2) is 5.42. The molecule has 3 heterocycles. The first-order valence-corrected chi connectivity index (χ1v) is 7.91. The van der Waals surface area contributed by atoms with Crippen molar-refractivity contribution in [2.75, 3.05) is 43.1 Å². The summed E-state index contributed by atoms with van der Waals surface area (Å²) in [7, 11) is 0. The van der Waals surface area contributed by atoms with E-state index in [1.165, 1.54) is 12.8 Å². The Morgan fingerprint density at radius 3 is 2.81 bits per heavy atom. The standard InChI is InChI=1S/C15H22N4O2/c20-12-7-19(8-12)15-17-13(11-3-4-21-9-11)5-14(18-15)16-6-10-1-2-10/h5,10-12,20H,1-4,6-9H2,(H,16,17,18). The third kappa shape index (κ3) is 2.96. The van der Waals surface area contributed by atoms with Gasteiger partial charge in [0.15, 0.2) is 0 Å². The van der Waals surface area contributed by atoms with Crippen molar-refractivity contribution in [1.82, 2.24) is 9.97 Å². The van der Waals surface area contributed by atoms with Crippen LogP contribution in [0, 0.1) is 5.92 Å². The summed E-state index contributed by atoms with van der Waals surface area (Å²) < 4.78 is 5.48. The zero-order chi connectivity index (χ0) is 14.2. The quantitative estimate of drug-likeness (QED) is 0.842. The van der Waals surface area contributed by atoms with Gasteiger partial charge in [-0.1, -0.05) is 0 Å².